The van der Waals surface area contributed by atoms with E-state index < -0.39 is 0 Å². The van der Waals surface area contributed by atoms with Crippen molar-refractivity contribution in [2.45, 2.75) is 26.3 Å². The first-order valence-corrected chi connectivity index (χ1v) is 7.37. The summed E-state index contributed by atoms with van der Waals surface area (Å²) in [5.74, 6) is 0.101. The molecule has 3 N–H and O–H groups in total. The Labute approximate surface area is 128 Å². The van der Waals surface area contributed by atoms with Gasteiger partial charge in [-0.05, 0) is 47.5 Å². The molecule has 112 valence electrons. The van der Waals surface area contributed by atoms with Crippen molar-refractivity contribution in [2.24, 2.45) is 10.9 Å². The fourth-order valence-electron chi connectivity index (χ4n) is 1.95. The lowest BCUT2D eigenvalue weighted by Gasteiger charge is -2.31. The zero-order valence-corrected chi connectivity index (χ0v) is 13.7. The maximum atomic E-state index is 8.72. The molecule has 0 saturated carbocycles. The van der Waals surface area contributed by atoms with Gasteiger partial charge in [0.15, 0.2) is 5.84 Å². The molecule has 0 heterocycles. The second-order valence-corrected chi connectivity index (χ2v) is 5.45. The van der Waals surface area contributed by atoms with Crippen LogP contribution in [0.5, 0.6) is 0 Å². The number of benzene rings is 1. The molecule has 0 spiro atoms. The largest absolute Gasteiger partial charge is 0.409 e. The van der Waals surface area contributed by atoms with E-state index in [1.807, 2.05) is 18.2 Å². The number of methoxy groups -OCH3 is 1. The lowest BCUT2D eigenvalue weighted by atomic mass is 10.1. The molecule has 1 atom stereocenters. The molecule has 1 aromatic rings. The number of halogens is 1. The monoisotopic (exact) mass is 343 g/mol. The van der Waals surface area contributed by atoms with Crippen LogP contribution >= 0.6 is 15.9 Å². The number of nitrogens with two attached hydrogens (primary N) is 1. The van der Waals surface area contributed by atoms with Crippen molar-refractivity contribution in [3.63, 3.8) is 0 Å². The second kappa shape index (κ2) is 8.11. The number of anilines is 1. The molecule has 0 amide bonds. The Balaban J connectivity index is 3.07. The fourth-order valence-corrected chi connectivity index (χ4v) is 2.55. The van der Waals surface area contributed by atoms with E-state index in [1.54, 1.807) is 7.11 Å². The summed E-state index contributed by atoms with van der Waals surface area (Å²) < 4.78 is 6.09. The zero-order valence-electron chi connectivity index (χ0n) is 12.1. The van der Waals surface area contributed by atoms with Gasteiger partial charge in [-0.1, -0.05) is 12.1 Å². The van der Waals surface area contributed by atoms with E-state index in [1.165, 1.54) is 0 Å². The van der Waals surface area contributed by atoms with Crippen molar-refractivity contribution < 1.29 is 9.94 Å². The van der Waals surface area contributed by atoms with Gasteiger partial charge in [-0.3, -0.25) is 0 Å². The molecule has 0 aliphatic carbocycles. The minimum atomic E-state index is 0.101. The highest BCUT2D eigenvalue weighted by Gasteiger charge is 2.16. The van der Waals surface area contributed by atoms with Crippen molar-refractivity contribution in [2.75, 3.05) is 25.2 Å². The van der Waals surface area contributed by atoms with Crippen molar-refractivity contribution in [1.82, 2.24) is 0 Å². The summed E-state index contributed by atoms with van der Waals surface area (Å²) in [6.07, 6.45) is 1.04. The Kier molecular flexibility index (Phi) is 6.81. The van der Waals surface area contributed by atoms with Crippen LogP contribution in [0.15, 0.2) is 27.8 Å². The third kappa shape index (κ3) is 4.11. The van der Waals surface area contributed by atoms with Gasteiger partial charge < -0.3 is 20.6 Å². The summed E-state index contributed by atoms with van der Waals surface area (Å²) in [5, 5.41) is 11.7. The van der Waals surface area contributed by atoms with Crippen molar-refractivity contribution >= 4 is 27.5 Å². The van der Waals surface area contributed by atoms with Crippen LogP contribution in [0.4, 0.5) is 5.69 Å². The Morgan fingerprint density at radius 3 is 2.75 bits per heavy atom. The van der Waals surface area contributed by atoms with E-state index in [-0.39, 0.29) is 5.84 Å². The van der Waals surface area contributed by atoms with E-state index in [2.05, 4.69) is 39.8 Å². The number of amidine groups is 1. The molecule has 1 rings (SSSR count). The number of rotatable bonds is 7. The van der Waals surface area contributed by atoms with Crippen LogP contribution in [-0.4, -0.2) is 37.3 Å². The molecule has 0 aromatic heterocycles. The molecule has 0 bridgehead atoms. The average molecular weight is 344 g/mol. The zero-order chi connectivity index (χ0) is 15.1. The number of hydrogen-bond acceptors (Lipinski definition) is 4. The first-order chi connectivity index (χ1) is 9.54. The quantitative estimate of drug-likeness (QED) is 0.345. The molecule has 0 saturated heterocycles. The van der Waals surface area contributed by atoms with Crippen LogP contribution in [0.1, 0.15) is 25.8 Å². The SMILES string of the molecule is CCC(C)N(CCOC)c1ccc(/C(N)=N/O)cc1Br. The fraction of sp³-hybridized carbons (Fsp3) is 0.500. The van der Waals surface area contributed by atoms with Crippen LogP contribution in [0.25, 0.3) is 0 Å². The van der Waals surface area contributed by atoms with Gasteiger partial charge in [-0.25, -0.2) is 0 Å². The molecule has 1 aromatic carbocycles. The third-order valence-corrected chi connectivity index (χ3v) is 3.95. The van der Waals surface area contributed by atoms with Crippen molar-refractivity contribution in [3.05, 3.63) is 28.2 Å². The molecule has 1 unspecified atom stereocenters. The van der Waals surface area contributed by atoms with Crippen LogP contribution in [0, 0.1) is 0 Å². The smallest absolute Gasteiger partial charge is 0.170 e. The minimum Gasteiger partial charge on any atom is -0.409 e. The van der Waals surface area contributed by atoms with E-state index in [0.29, 0.717) is 18.2 Å². The Morgan fingerprint density at radius 1 is 1.55 bits per heavy atom. The second-order valence-electron chi connectivity index (χ2n) is 4.59. The lowest BCUT2D eigenvalue weighted by Crippen LogP contribution is -2.35. The van der Waals surface area contributed by atoms with Gasteiger partial charge in [-0.2, -0.15) is 0 Å². The summed E-state index contributed by atoms with van der Waals surface area (Å²) in [6.45, 7) is 5.81. The summed E-state index contributed by atoms with van der Waals surface area (Å²) in [7, 11) is 1.70. The molecule has 5 nitrogen and oxygen atoms in total. The van der Waals surface area contributed by atoms with Gasteiger partial charge in [0.1, 0.15) is 0 Å². The summed E-state index contributed by atoms with van der Waals surface area (Å²) in [4.78, 5) is 2.28. The topological polar surface area (TPSA) is 71.1 Å². The number of hydrogen-bond donors (Lipinski definition) is 2. The Bertz CT molecular complexity index is 466. The molecule has 0 fully saturated rings. The van der Waals surface area contributed by atoms with Crippen LogP contribution in [-0.2, 0) is 4.74 Å². The van der Waals surface area contributed by atoms with E-state index in [9.17, 15) is 0 Å². The predicted octanol–water partition coefficient (Wildman–Crippen LogP) is 2.79. The Morgan fingerprint density at radius 2 is 2.25 bits per heavy atom. The highest BCUT2D eigenvalue weighted by molar-refractivity contribution is 9.10. The lowest BCUT2D eigenvalue weighted by molar-refractivity contribution is 0.203. The molecule has 20 heavy (non-hydrogen) atoms. The maximum absolute atomic E-state index is 8.72. The highest BCUT2D eigenvalue weighted by Crippen LogP contribution is 2.29. The van der Waals surface area contributed by atoms with Crippen LogP contribution in [0.2, 0.25) is 0 Å². The maximum Gasteiger partial charge on any atom is 0.170 e. The van der Waals surface area contributed by atoms with Crippen LogP contribution < -0.4 is 10.6 Å². The van der Waals surface area contributed by atoms with Crippen molar-refractivity contribution in [3.8, 4) is 0 Å². The molecular formula is C14H22BrN3O2. The van der Waals surface area contributed by atoms with E-state index in [4.69, 9.17) is 15.7 Å². The molecule has 6 heteroatoms. The van der Waals surface area contributed by atoms with Gasteiger partial charge >= 0.3 is 0 Å². The third-order valence-electron chi connectivity index (χ3n) is 3.32. The van der Waals surface area contributed by atoms with Gasteiger partial charge in [0.05, 0.1) is 12.3 Å². The standard InChI is InChI=1S/C14H22BrN3O2/c1-4-10(2)18(7-8-20-3)13-6-5-11(9-12(13)15)14(16)17-19/h5-6,9-10,19H,4,7-8H2,1-3H3,(H2,16,17). The first-order valence-electron chi connectivity index (χ1n) is 6.58. The highest BCUT2D eigenvalue weighted by atomic mass is 79.9. The van der Waals surface area contributed by atoms with E-state index >= 15 is 0 Å². The minimum absolute atomic E-state index is 0.101. The number of ether oxygens (including phenoxy) is 1. The van der Waals surface area contributed by atoms with Gasteiger partial charge in [-0.15, -0.1) is 0 Å². The summed E-state index contributed by atoms with van der Waals surface area (Å²) >= 11 is 3.56. The Hall–Kier alpha value is -1.27. The number of oxime groups is 1. The molecule has 0 aliphatic rings. The molecule has 0 radical (unpaired) electrons. The van der Waals surface area contributed by atoms with Gasteiger partial charge in [0.25, 0.3) is 0 Å². The summed E-state index contributed by atoms with van der Waals surface area (Å²) in [6, 6.07) is 6.07. The summed E-state index contributed by atoms with van der Waals surface area (Å²) in [5.41, 5.74) is 7.36. The predicted molar refractivity (Wildman–Crippen MR) is 85.6 cm³/mol. The van der Waals surface area contributed by atoms with Crippen molar-refractivity contribution in [1.29, 1.82) is 0 Å². The first kappa shape index (κ1) is 16.8. The molecule has 0 aliphatic heterocycles. The number of nitrogens with zero attached hydrogens (tertiary/aromatic N) is 2. The van der Waals surface area contributed by atoms with E-state index in [0.717, 1.165) is 23.1 Å². The van der Waals surface area contributed by atoms with Crippen LogP contribution in [0.3, 0.4) is 0 Å². The molecular weight excluding hydrogens is 322 g/mol. The normalized spacial score (nSPS) is 13.3. The average Bonchev–Trinajstić information content (AvgIpc) is 2.47. The van der Waals surface area contributed by atoms with Gasteiger partial charge in [0.2, 0.25) is 0 Å². The van der Waals surface area contributed by atoms with Gasteiger partial charge in [0, 0.05) is 29.7 Å².